The van der Waals surface area contributed by atoms with Gasteiger partial charge in [0.1, 0.15) is 12.4 Å². The number of hydrogen-bond donors (Lipinski definition) is 1. The van der Waals surface area contributed by atoms with Crippen molar-refractivity contribution in [2.75, 3.05) is 6.54 Å². The summed E-state index contributed by atoms with van der Waals surface area (Å²) in [4.78, 5) is 31.2. The number of para-hydroxylation sites is 2. The summed E-state index contributed by atoms with van der Waals surface area (Å²) in [6.45, 7) is 14.1. The summed E-state index contributed by atoms with van der Waals surface area (Å²) in [7, 11) is 0. The largest absolute Gasteiger partial charge is 0.352 e. The SMILES string of the molecule is C=C(C)C(=O)NCCc1nc2ccccc2n1CC(=O)N(C(C)C)C(C)C. The Balaban J connectivity index is 2.26. The van der Waals surface area contributed by atoms with E-state index < -0.39 is 0 Å². The molecule has 0 fully saturated rings. The van der Waals surface area contributed by atoms with Gasteiger partial charge in [-0.05, 0) is 46.8 Å². The molecule has 0 aliphatic rings. The van der Waals surface area contributed by atoms with Crippen LogP contribution in [0.4, 0.5) is 0 Å². The zero-order chi connectivity index (χ0) is 20.1. The van der Waals surface area contributed by atoms with Crippen molar-refractivity contribution in [3.63, 3.8) is 0 Å². The minimum atomic E-state index is -0.167. The Hall–Kier alpha value is -2.63. The standard InChI is InChI=1S/C21H30N4O2/c1-14(2)21(27)22-12-11-19-23-17-9-7-8-10-18(17)24(19)13-20(26)25(15(3)4)16(5)6/h7-10,15-16H,1,11-13H2,2-6H3,(H,22,27). The molecule has 2 aromatic rings. The van der Waals surface area contributed by atoms with Gasteiger partial charge in [0.25, 0.3) is 0 Å². The molecule has 0 aliphatic carbocycles. The zero-order valence-electron chi connectivity index (χ0n) is 17.0. The first-order valence-electron chi connectivity index (χ1n) is 9.41. The maximum absolute atomic E-state index is 13.0. The normalized spacial score (nSPS) is 11.2. The summed E-state index contributed by atoms with van der Waals surface area (Å²) < 4.78 is 1.96. The van der Waals surface area contributed by atoms with Crippen LogP contribution < -0.4 is 5.32 Å². The molecule has 0 spiro atoms. The number of nitrogens with zero attached hydrogens (tertiary/aromatic N) is 3. The molecule has 0 aliphatic heterocycles. The first-order chi connectivity index (χ1) is 12.7. The highest BCUT2D eigenvalue weighted by molar-refractivity contribution is 5.92. The van der Waals surface area contributed by atoms with Crippen molar-refractivity contribution < 1.29 is 9.59 Å². The number of carbonyl (C=O) groups is 2. The van der Waals surface area contributed by atoms with Crippen LogP contribution in [0.1, 0.15) is 40.4 Å². The fourth-order valence-electron chi connectivity index (χ4n) is 3.32. The summed E-state index contributed by atoms with van der Waals surface area (Å²) in [6, 6.07) is 8.05. The molecule has 1 N–H and O–H groups in total. The second kappa shape index (κ2) is 8.84. The monoisotopic (exact) mass is 370 g/mol. The first kappa shape index (κ1) is 20.7. The van der Waals surface area contributed by atoms with Crippen LogP contribution in [0.3, 0.4) is 0 Å². The van der Waals surface area contributed by atoms with E-state index in [0.717, 1.165) is 16.9 Å². The van der Waals surface area contributed by atoms with Crippen LogP contribution in [-0.2, 0) is 22.6 Å². The third-order valence-electron chi connectivity index (χ3n) is 4.45. The maximum Gasteiger partial charge on any atom is 0.246 e. The van der Waals surface area contributed by atoms with Crippen molar-refractivity contribution in [3.05, 3.63) is 42.2 Å². The zero-order valence-corrected chi connectivity index (χ0v) is 17.0. The molecule has 27 heavy (non-hydrogen) atoms. The lowest BCUT2D eigenvalue weighted by molar-refractivity contribution is -0.135. The number of benzene rings is 1. The third kappa shape index (κ3) is 4.96. The van der Waals surface area contributed by atoms with Crippen LogP contribution in [0.15, 0.2) is 36.4 Å². The quantitative estimate of drug-likeness (QED) is 0.727. The van der Waals surface area contributed by atoms with Crippen LogP contribution in [0.2, 0.25) is 0 Å². The Morgan fingerprint density at radius 2 is 1.81 bits per heavy atom. The third-order valence-corrected chi connectivity index (χ3v) is 4.45. The van der Waals surface area contributed by atoms with Crippen molar-refractivity contribution >= 4 is 22.8 Å². The summed E-state index contributed by atoms with van der Waals surface area (Å²) in [5, 5.41) is 2.83. The van der Waals surface area contributed by atoms with Gasteiger partial charge in [0.2, 0.25) is 11.8 Å². The highest BCUT2D eigenvalue weighted by Gasteiger charge is 2.22. The molecule has 0 saturated heterocycles. The van der Waals surface area contributed by atoms with E-state index in [0.29, 0.717) is 18.5 Å². The second-order valence-electron chi connectivity index (χ2n) is 7.38. The van der Waals surface area contributed by atoms with Crippen LogP contribution >= 0.6 is 0 Å². The molecule has 0 radical (unpaired) electrons. The lowest BCUT2D eigenvalue weighted by atomic mass is 10.2. The molecule has 1 aromatic heterocycles. The van der Waals surface area contributed by atoms with Crippen LogP contribution in [0, 0.1) is 0 Å². The van der Waals surface area contributed by atoms with Crippen molar-refractivity contribution in [2.45, 2.75) is 59.7 Å². The van der Waals surface area contributed by atoms with E-state index >= 15 is 0 Å². The first-order valence-corrected chi connectivity index (χ1v) is 9.41. The number of carbonyl (C=O) groups excluding carboxylic acids is 2. The van der Waals surface area contributed by atoms with E-state index in [9.17, 15) is 9.59 Å². The van der Waals surface area contributed by atoms with Gasteiger partial charge < -0.3 is 14.8 Å². The Kier molecular flexibility index (Phi) is 6.77. The lowest BCUT2D eigenvalue weighted by Gasteiger charge is -2.31. The van der Waals surface area contributed by atoms with Gasteiger partial charge in [-0.25, -0.2) is 4.98 Å². The average Bonchev–Trinajstić information content (AvgIpc) is 2.91. The number of nitrogens with one attached hydrogen (secondary N) is 1. The number of imidazole rings is 1. The molecule has 6 heteroatoms. The molecule has 6 nitrogen and oxygen atoms in total. The van der Waals surface area contributed by atoms with Crippen LogP contribution in [-0.4, -0.2) is 44.9 Å². The van der Waals surface area contributed by atoms with E-state index in [-0.39, 0.29) is 30.4 Å². The number of fused-ring (bicyclic) bond motifs is 1. The molecule has 2 amide bonds. The van der Waals surface area contributed by atoms with E-state index in [1.165, 1.54) is 0 Å². The number of rotatable bonds is 8. The van der Waals surface area contributed by atoms with Gasteiger partial charge in [-0.1, -0.05) is 18.7 Å². The van der Waals surface area contributed by atoms with Gasteiger partial charge in [0.15, 0.2) is 0 Å². The van der Waals surface area contributed by atoms with Gasteiger partial charge in [-0.3, -0.25) is 9.59 Å². The van der Waals surface area contributed by atoms with Crippen molar-refractivity contribution in [1.29, 1.82) is 0 Å². The number of aromatic nitrogens is 2. The fourth-order valence-corrected chi connectivity index (χ4v) is 3.32. The van der Waals surface area contributed by atoms with Gasteiger partial charge in [-0.2, -0.15) is 0 Å². The van der Waals surface area contributed by atoms with Gasteiger partial charge in [-0.15, -0.1) is 0 Å². The van der Waals surface area contributed by atoms with E-state index in [1.54, 1.807) is 6.92 Å². The van der Waals surface area contributed by atoms with Gasteiger partial charge in [0, 0.05) is 30.6 Å². The Morgan fingerprint density at radius 1 is 1.19 bits per heavy atom. The highest BCUT2D eigenvalue weighted by Crippen LogP contribution is 2.18. The van der Waals surface area contributed by atoms with Crippen molar-refractivity contribution in [2.24, 2.45) is 0 Å². The number of hydrogen-bond acceptors (Lipinski definition) is 3. The van der Waals surface area contributed by atoms with Crippen LogP contribution in [0.25, 0.3) is 11.0 Å². The van der Waals surface area contributed by atoms with E-state index in [1.807, 2.05) is 61.4 Å². The molecule has 0 unspecified atom stereocenters. The van der Waals surface area contributed by atoms with Crippen molar-refractivity contribution in [1.82, 2.24) is 19.8 Å². The molecule has 0 atom stereocenters. The van der Waals surface area contributed by atoms with E-state index in [4.69, 9.17) is 0 Å². The number of amides is 2. The molecule has 2 rings (SSSR count). The Morgan fingerprint density at radius 3 is 2.41 bits per heavy atom. The van der Waals surface area contributed by atoms with Crippen LogP contribution in [0.5, 0.6) is 0 Å². The van der Waals surface area contributed by atoms with Gasteiger partial charge >= 0.3 is 0 Å². The predicted molar refractivity (Wildman–Crippen MR) is 108 cm³/mol. The van der Waals surface area contributed by atoms with E-state index in [2.05, 4.69) is 16.9 Å². The molecule has 0 bridgehead atoms. The predicted octanol–water partition coefficient (Wildman–Crippen LogP) is 2.92. The molecular formula is C21H30N4O2. The molecule has 1 aromatic carbocycles. The molecular weight excluding hydrogens is 340 g/mol. The summed E-state index contributed by atoms with van der Waals surface area (Å²) >= 11 is 0. The maximum atomic E-state index is 13.0. The summed E-state index contributed by atoms with van der Waals surface area (Å²) in [5.41, 5.74) is 2.26. The molecule has 1 heterocycles. The Bertz CT molecular complexity index is 828. The summed E-state index contributed by atoms with van der Waals surface area (Å²) in [5.74, 6) is 0.689. The lowest BCUT2D eigenvalue weighted by Crippen LogP contribution is -2.43. The van der Waals surface area contributed by atoms with Gasteiger partial charge in [0.05, 0.1) is 11.0 Å². The smallest absolute Gasteiger partial charge is 0.246 e. The summed E-state index contributed by atoms with van der Waals surface area (Å²) in [6.07, 6.45) is 0.546. The Labute approximate surface area is 161 Å². The highest BCUT2D eigenvalue weighted by atomic mass is 16.2. The molecule has 146 valence electrons. The van der Waals surface area contributed by atoms with Crippen molar-refractivity contribution in [3.8, 4) is 0 Å². The molecule has 0 saturated carbocycles. The minimum absolute atomic E-state index is 0.0652. The second-order valence-corrected chi connectivity index (χ2v) is 7.38. The minimum Gasteiger partial charge on any atom is -0.352 e. The topological polar surface area (TPSA) is 67.2 Å². The average molecular weight is 370 g/mol. The fraction of sp³-hybridized carbons (Fsp3) is 0.476.